The summed E-state index contributed by atoms with van der Waals surface area (Å²) in [6, 6.07) is 6.54. The molecule has 0 spiro atoms. The Balaban J connectivity index is 1.34. The fourth-order valence-electron chi connectivity index (χ4n) is 5.28. The smallest absolute Gasteiger partial charge is 0.303 e. The molecule has 3 heterocycles. The minimum atomic E-state index is -0.655. The van der Waals surface area contributed by atoms with Crippen LogP contribution in [0.5, 0.6) is 0 Å². The number of likely N-dealkylation sites (tertiary alicyclic amines) is 1. The molecule has 0 amide bonds. The summed E-state index contributed by atoms with van der Waals surface area (Å²) in [5, 5.41) is 13.7. The molecule has 3 aliphatic rings. The summed E-state index contributed by atoms with van der Waals surface area (Å²) in [6.07, 6.45) is 8.25. The zero-order valence-electron chi connectivity index (χ0n) is 15.7. The van der Waals surface area contributed by atoms with Crippen molar-refractivity contribution in [1.29, 1.82) is 0 Å². The second-order valence-corrected chi connectivity index (χ2v) is 9.50. The number of rotatable bonds is 4. The number of anilines is 2. The fourth-order valence-corrected chi connectivity index (χ4v) is 6.16. The van der Waals surface area contributed by atoms with Crippen LogP contribution in [0.1, 0.15) is 37.7 Å². The van der Waals surface area contributed by atoms with Crippen molar-refractivity contribution in [2.45, 2.75) is 48.6 Å². The summed E-state index contributed by atoms with van der Waals surface area (Å²) < 4.78 is 0. The summed E-state index contributed by atoms with van der Waals surface area (Å²) in [5.74, 6) is 0.789. The number of aromatic nitrogens is 2. The molecule has 2 atom stereocenters. The molecule has 1 aromatic heterocycles. The third-order valence-electron chi connectivity index (χ3n) is 6.22. The highest BCUT2D eigenvalue weighted by atomic mass is 32.2. The van der Waals surface area contributed by atoms with Crippen molar-refractivity contribution < 1.29 is 9.90 Å². The van der Waals surface area contributed by atoms with Crippen LogP contribution in [0, 0.1) is 11.3 Å². The van der Waals surface area contributed by atoms with E-state index in [9.17, 15) is 9.90 Å². The average molecular weight is 397 g/mol. The number of benzene rings is 1. The zero-order valence-corrected chi connectivity index (χ0v) is 16.5. The Bertz CT molecular complexity index is 921. The molecule has 2 N–H and O–H groups in total. The lowest BCUT2D eigenvalue weighted by Gasteiger charge is -2.49. The van der Waals surface area contributed by atoms with Crippen LogP contribution in [-0.2, 0) is 11.3 Å². The minimum absolute atomic E-state index is 0.0379. The number of carbonyl (C=O) groups is 1. The molecule has 1 saturated heterocycles. The fraction of sp³-hybridized carbons (Fsp3) is 0.476. The van der Waals surface area contributed by atoms with E-state index in [2.05, 4.69) is 38.4 Å². The van der Waals surface area contributed by atoms with E-state index in [-0.39, 0.29) is 5.41 Å². The largest absolute Gasteiger partial charge is 0.481 e. The molecule has 2 bridgehead atoms. The van der Waals surface area contributed by atoms with Gasteiger partial charge in [0.25, 0.3) is 0 Å². The van der Waals surface area contributed by atoms with E-state index in [4.69, 9.17) is 0 Å². The first-order valence-electron chi connectivity index (χ1n) is 9.92. The van der Waals surface area contributed by atoms with Gasteiger partial charge in [-0.25, -0.2) is 9.97 Å². The van der Waals surface area contributed by atoms with Crippen molar-refractivity contribution in [2.24, 2.45) is 11.3 Å². The SMILES string of the molecule is O=C(O)CC12CCCC(CN(Cc3ccc4c(c3)Nc3nccnc3S4)C1)C2. The lowest BCUT2D eigenvalue weighted by Crippen LogP contribution is -2.50. The molecule has 2 fully saturated rings. The summed E-state index contributed by atoms with van der Waals surface area (Å²) in [6.45, 7) is 2.84. The molecule has 6 nitrogen and oxygen atoms in total. The number of carboxylic acid groups (broad SMARTS) is 1. The number of aliphatic carboxylic acids is 1. The van der Waals surface area contributed by atoms with E-state index in [1.54, 1.807) is 24.2 Å². The maximum absolute atomic E-state index is 11.4. The van der Waals surface area contributed by atoms with Crippen molar-refractivity contribution in [3.8, 4) is 0 Å². The van der Waals surface area contributed by atoms with Crippen molar-refractivity contribution in [3.63, 3.8) is 0 Å². The Morgan fingerprint density at radius 2 is 2.25 bits per heavy atom. The second kappa shape index (κ2) is 7.04. The van der Waals surface area contributed by atoms with Gasteiger partial charge in [-0.2, -0.15) is 0 Å². The van der Waals surface area contributed by atoms with Crippen molar-refractivity contribution in [2.75, 3.05) is 18.4 Å². The third-order valence-corrected chi connectivity index (χ3v) is 7.29. The van der Waals surface area contributed by atoms with Gasteiger partial charge in [-0.1, -0.05) is 24.2 Å². The number of carboxylic acids is 1. The maximum atomic E-state index is 11.4. The highest BCUT2D eigenvalue weighted by Crippen LogP contribution is 2.47. The summed E-state index contributed by atoms with van der Waals surface area (Å²) in [5.41, 5.74) is 2.29. The van der Waals surface area contributed by atoms with Crippen molar-refractivity contribution in [3.05, 3.63) is 36.2 Å². The van der Waals surface area contributed by atoms with Crippen LogP contribution in [0.25, 0.3) is 0 Å². The molecule has 2 aromatic rings. The Hall–Kier alpha value is -2.12. The highest BCUT2D eigenvalue weighted by molar-refractivity contribution is 7.99. The normalized spacial score (nSPS) is 26.1. The van der Waals surface area contributed by atoms with Gasteiger partial charge in [0.05, 0.1) is 12.1 Å². The van der Waals surface area contributed by atoms with E-state index in [1.807, 2.05) is 0 Å². The number of nitrogens with one attached hydrogen (secondary N) is 1. The molecule has 1 aromatic carbocycles. The number of nitrogens with zero attached hydrogens (tertiary/aromatic N) is 3. The first-order valence-corrected chi connectivity index (χ1v) is 10.7. The van der Waals surface area contributed by atoms with Crippen LogP contribution >= 0.6 is 11.8 Å². The van der Waals surface area contributed by atoms with E-state index in [0.717, 1.165) is 53.9 Å². The molecule has 1 aliphatic carbocycles. The topological polar surface area (TPSA) is 78.4 Å². The molecule has 2 aliphatic heterocycles. The molecule has 5 rings (SSSR count). The van der Waals surface area contributed by atoms with E-state index >= 15 is 0 Å². The third kappa shape index (κ3) is 3.49. The summed E-state index contributed by atoms with van der Waals surface area (Å²) >= 11 is 1.64. The van der Waals surface area contributed by atoms with Gasteiger partial charge in [0.15, 0.2) is 5.82 Å². The van der Waals surface area contributed by atoms with E-state index < -0.39 is 5.97 Å². The van der Waals surface area contributed by atoms with Gasteiger partial charge in [0.1, 0.15) is 5.03 Å². The average Bonchev–Trinajstić information content (AvgIpc) is 2.65. The Kier molecular flexibility index (Phi) is 4.51. The first-order chi connectivity index (χ1) is 13.6. The van der Waals surface area contributed by atoms with E-state index in [1.165, 1.54) is 18.4 Å². The molecule has 1 saturated carbocycles. The quantitative estimate of drug-likeness (QED) is 0.686. The molecule has 2 unspecified atom stereocenters. The Morgan fingerprint density at radius 1 is 1.36 bits per heavy atom. The lowest BCUT2D eigenvalue weighted by molar-refractivity contribution is -0.142. The van der Waals surface area contributed by atoms with Crippen LogP contribution in [0.4, 0.5) is 11.5 Å². The van der Waals surface area contributed by atoms with Crippen LogP contribution in [-0.4, -0.2) is 39.0 Å². The standard InChI is InChI=1S/C21H24N4O2S/c26-18(27)10-21-5-1-2-15(9-21)12-25(13-21)11-14-3-4-17-16(8-14)24-19-20(28-17)23-7-6-22-19/h3-4,6-8,15H,1-2,5,9-13H2,(H,22,24)(H,26,27). The Morgan fingerprint density at radius 3 is 3.14 bits per heavy atom. The molecular formula is C21H24N4O2S. The lowest BCUT2D eigenvalue weighted by atomic mass is 9.65. The second-order valence-electron chi connectivity index (χ2n) is 8.47. The van der Waals surface area contributed by atoms with Gasteiger partial charge in [-0.15, -0.1) is 0 Å². The van der Waals surface area contributed by atoms with Crippen LogP contribution in [0.2, 0.25) is 0 Å². The number of hydrogen-bond donors (Lipinski definition) is 2. The number of hydrogen-bond acceptors (Lipinski definition) is 6. The highest BCUT2D eigenvalue weighted by Gasteiger charge is 2.43. The molecule has 28 heavy (non-hydrogen) atoms. The van der Waals surface area contributed by atoms with Gasteiger partial charge < -0.3 is 10.4 Å². The van der Waals surface area contributed by atoms with Crippen LogP contribution in [0.3, 0.4) is 0 Å². The number of piperidine rings is 1. The molecule has 146 valence electrons. The van der Waals surface area contributed by atoms with Gasteiger partial charge >= 0.3 is 5.97 Å². The van der Waals surface area contributed by atoms with Crippen LogP contribution < -0.4 is 5.32 Å². The van der Waals surface area contributed by atoms with Crippen molar-refractivity contribution in [1.82, 2.24) is 14.9 Å². The van der Waals surface area contributed by atoms with Crippen molar-refractivity contribution >= 4 is 29.2 Å². The molecular weight excluding hydrogens is 372 g/mol. The summed E-state index contributed by atoms with van der Waals surface area (Å²) in [4.78, 5) is 23.8. The van der Waals surface area contributed by atoms with Gasteiger partial charge in [0.2, 0.25) is 0 Å². The maximum Gasteiger partial charge on any atom is 0.303 e. The molecule has 7 heteroatoms. The minimum Gasteiger partial charge on any atom is -0.481 e. The van der Waals surface area contributed by atoms with Gasteiger partial charge in [0, 0.05) is 36.9 Å². The van der Waals surface area contributed by atoms with Crippen LogP contribution in [0.15, 0.2) is 40.5 Å². The number of fused-ring (bicyclic) bond motifs is 4. The predicted octanol–water partition coefficient (Wildman–Crippen LogP) is 4.15. The first kappa shape index (κ1) is 17.9. The predicted molar refractivity (Wildman–Crippen MR) is 108 cm³/mol. The van der Waals surface area contributed by atoms with E-state index in [0.29, 0.717) is 12.3 Å². The Labute approximate surface area is 168 Å². The monoisotopic (exact) mass is 396 g/mol. The zero-order chi connectivity index (χ0) is 19.1. The molecule has 0 radical (unpaired) electrons. The van der Waals surface area contributed by atoms with Gasteiger partial charge in [-0.05, 0) is 48.3 Å². The summed E-state index contributed by atoms with van der Waals surface area (Å²) in [7, 11) is 0. The van der Waals surface area contributed by atoms with Gasteiger partial charge in [-0.3, -0.25) is 9.69 Å².